The molecule has 0 aromatic carbocycles. The first kappa shape index (κ1) is 11.8. The third-order valence-electron chi connectivity index (χ3n) is 3.83. The average molecular weight is 229 g/mol. The van der Waals surface area contributed by atoms with Crippen molar-refractivity contribution in [3.05, 3.63) is 0 Å². The van der Waals surface area contributed by atoms with Crippen molar-refractivity contribution < 1.29 is 20.1 Å². The van der Waals surface area contributed by atoms with Crippen molar-refractivity contribution in [1.29, 1.82) is 0 Å². The summed E-state index contributed by atoms with van der Waals surface area (Å²) in [5, 5.41) is 28.9. The summed E-state index contributed by atoms with van der Waals surface area (Å²) in [5.41, 5.74) is 0. The molecule has 0 bridgehead atoms. The molecule has 92 valence electrons. The lowest BCUT2D eigenvalue weighted by molar-refractivity contribution is -0.131. The van der Waals surface area contributed by atoms with Crippen molar-refractivity contribution in [3.8, 4) is 0 Å². The zero-order chi connectivity index (χ0) is 11.9. The molecule has 16 heavy (non-hydrogen) atoms. The average Bonchev–Trinajstić information content (AvgIpc) is 2.69. The summed E-state index contributed by atoms with van der Waals surface area (Å²) in [4.78, 5) is 13.3. The summed E-state index contributed by atoms with van der Waals surface area (Å²) in [6.07, 6.45) is 0.321. The van der Waals surface area contributed by atoms with E-state index in [0.29, 0.717) is 6.42 Å². The number of aliphatic hydroxyl groups is 3. The number of amides is 1. The van der Waals surface area contributed by atoms with E-state index >= 15 is 0 Å². The highest BCUT2D eigenvalue weighted by molar-refractivity contribution is 5.80. The second-order valence-electron chi connectivity index (χ2n) is 4.78. The van der Waals surface area contributed by atoms with Gasteiger partial charge in [-0.1, -0.05) is 13.3 Å². The minimum Gasteiger partial charge on any atom is -0.394 e. The Morgan fingerprint density at radius 2 is 2.06 bits per heavy atom. The third-order valence-corrected chi connectivity index (χ3v) is 3.83. The van der Waals surface area contributed by atoms with Gasteiger partial charge in [-0.3, -0.25) is 4.79 Å². The van der Waals surface area contributed by atoms with E-state index in [9.17, 15) is 20.1 Å². The van der Waals surface area contributed by atoms with Crippen LogP contribution in [0.3, 0.4) is 0 Å². The Bertz CT molecular complexity index is 283. The third kappa shape index (κ3) is 1.54. The van der Waals surface area contributed by atoms with Crippen LogP contribution in [0.15, 0.2) is 0 Å². The van der Waals surface area contributed by atoms with Crippen molar-refractivity contribution in [2.45, 2.75) is 50.5 Å². The van der Waals surface area contributed by atoms with Gasteiger partial charge in [-0.05, 0) is 12.3 Å². The lowest BCUT2D eigenvalue weighted by atomic mass is 9.91. The number of aliphatic hydroxyl groups excluding tert-OH is 3. The fraction of sp³-hybridized carbons (Fsp3) is 0.909. The Hall–Kier alpha value is -0.650. The molecule has 2 aliphatic heterocycles. The van der Waals surface area contributed by atoms with Crippen LogP contribution in [0.25, 0.3) is 0 Å². The SMILES string of the molecule is CCC[C@H]1CC(=O)N2[C@@H]1[C@H](O)[C@H](O)[C@@H]2CO. The number of rotatable bonds is 3. The second-order valence-corrected chi connectivity index (χ2v) is 4.78. The quantitative estimate of drug-likeness (QED) is 0.586. The first-order valence-corrected chi connectivity index (χ1v) is 5.90. The van der Waals surface area contributed by atoms with E-state index in [1.807, 2.05) is 6.92 Å². The molecule has 0 radical (unpaired) electrons. The van der Waals surface area contributed by atoms with Gasteiger partial charge in [0.1, 0.15) is 12.2 Å². The number of hydrogen-bond donors (Lipinski definition) is 3. The molecule has 5 nitrogen and oxygen atoms in total. The van der Waals surface area contributed by atoms with Gasteiger partial charge in [-0.15, -0.1) is 0 Å². The summed E-state index contributed by atoms with van der Waals surface area (Å²) < 4.78 is 0. The van der Waals surface area contributed by atoms with Gasteiger partial charge in [0.05, 0.1) is 18.7 Å². The van der Waals surface area contributed by atoms with Gasteiger partial charge in [0.2, 0.25) is 5.91 Å². The van der Waals surface area contributed by atoms with E-state index in [1.54, 1.807) is 0 Å². The molecule has 2 saturated heterocycles. The molecule has 0 aromatic rings. The van der Waals surface area contributed by atoms with E-state index in [4.69, 9.17) is 0 Å². The maximum atomic E-state index is 11.8. The van der Waals surface area contributed by atoms with Crippen LogP contribution in [-0.2, 0) is 4.79 Å². The van der Waals surface area contributed by atoms with Crippen LogP contribution in [0.4, 0.5) is 0 Å². The fourth-order valence-electron chi connectivity index (χ4n) is 3.13. The molecule has 0 aliphatic carbocycles. The zero-order valence-electron chi connectivity index (χ0n) is 9.41. The molecule has 2 rings (SSSR count). The van der Waals surface area contributed by atoms with Crippen molar-refractivity contribution in [2.75, 3.05) is 6.61 Å². The second kappa shape index (κ2) is 4.31. The number of carbonyl (C=O) groups is 1. The lowest BCUT2D eigenvalue weighted by Gasteiger charge is -2.24. The Labute approximate surface area is 94.7 Å². The van der Waals surface area contributed by atoms with Crippen LogP contribution in [0, 0.1) is 5.92 Å². The topological polar surface area (TPSA) is 81.0 Å². The van der Waals surface area contributed by atoms with E-state index in [-0.39, 0.29) is 24.5 Å². The van der Waals surface area contributed by atoms with Gasteiger partial charge in [-0.2, -0.15) is 0 Å². The summed E-state index contributed by atoms with van der Waals surface area (Å²) in [6, 6.07) is -0.936. The number of hydrogen-bond acceptors (Lipinski definition) is 4. The Morgan fingerprint density at radius 3 is 2.62 bits per heavy atom. The van der Waals surface area contributed by atoms with E-state index in [0.717, 1.165) is 12.8 Å². The van der Waals surface area contributed by atoms with Crippen LogP contribution in [-0.4, -0.2) is 57.0 Å². The summed E-state index contributed by atoms with van der Waals surface area (Å²) in [6.45, 7) is 1.74. The van der Waals surface area contributed by atoms with Crippen LogP contribution in [0.1, 0.15) is 26.2 Å². The highest BCUT2D eigenvalue weighted by Crippen LogP contribution is 2.39. The molecular weight excluding hydrogens is 210 g/mol. The summed E-state index contributed by atoms with van der Waals surface area (Å²) in [7, 11) is 0. The van der Waals surface area contributed by atoms with Crippen LogP contribution in [0.2, 0.25) is 0 Å². The normalized spacial score (nSPS) is 42.9. The molecule has 2 fully saturated rings. The Balaban J connectivity index is 2.22. The largest absolute Gasteiger partial charge is 0.394 e. The van der Waals surface area contributed by atoms with Crippen LogP contribution < -0.4 is 0 Å². The van der Waals surface area contributed by atoms with E-state index in [1.165, 1.54) is 4.90 Å². The van der Waals surface area contributed by atoms with E-state index < -0.39 is 18.2 Å². The minimum atomic E-state index is -1.02. The molecule has 5 heteroatoms. The molecule has 2 heterocycles. The first-order valence-electron chi connectivity index (χ1n) is 5.90. The standard InChI is InChI=1S/C11H19NO4/c1-2-3-6-4-8(14)12-7(5-13)10(15)11(16)9(6)12/h6-7,9-11,13,15-16H,2-5H2,1H3/t6-,7-,9-,10+,11-/m0/s1. The lowest BCUT2D eigenvalue weighted by Crippen LogP contribution is -2.41. The van der Waals surface area contributed by atoms with Crippen LogP contribution in [0.5, 0.6) is 0 Å². The maximum Gasteiger partial charge on any atom is 0.223 e. The maximum absolute atomic E-state index is 11.8. The van der Waals surface area contributed by atoms with E-state index in [2.05, 4.69) is 0 Å². The number of nitrogens with zero attached hydrogens (tertiary/aromatic N) is 1. The number of fused-ring (bicyclic) bond motifs is 1. The highest BCUT2D eigenvalue weighted by Gasteiger charge is 2.56. The van der Waals surface area contributed by atoms with Gasteiger partial charge in [0.25, 0.3) is 0 Å². The summed E-state index contributed by atoms with van der Waals surface area (Å²) >= 11 is 0. The predicted molar refractivity (Wildman–Crippen MR) is 56.5 cm³/mol. The Morgan fingerprint density at radius 1 is 1.38 bits per heavy atom. The number of carbonyl (C=O) groups excluding carboxylic acids is 1. The zero-order valence-corrected chi connectivity index (χ0v) is 9.41. The molecule has 0 spiro atoms. The van der Waals surface area contributed by atoms with Crippen molar-refractivity contribution in [2.24, 2.45) is 5.92 Å². The molecule has 0 unspecified atom stereocenters. The predicted octanol–water partition coefficient (Wildman–Crippen LogP) is -0.900. The highest BCUT2D eigenvalue weighted by atomic mass is 16.3. The fourth-order valence-corrected chi connectivity index (χ4v) is 3.13. The van der Waals surface area contributed by atoms with Crippen molar-refractivity contribution >= 4 is 5.91 Å². The first-order chi connectivity index (χ1) is 7.61. The minimum absolute atomic E-state index is 0.0573. The smallest absolute Gasteiger partial charge is 0.223 e. The molecule has 0 aromatic heterocycles. The molecular formula is C11H19NO4. The Kier molecular flexibility index (Phi) is 3.19. The molecule has 2 aliphatic rings. The van der Waals surface area contributed by atoms with Gasteiger partial charge in [-0.25, -0.2) is 0 Å². The van der Waals surface area contributed by atoms with Gasteiger partial charge in [0, 0.05) is 6.42 Å². The van der Waals surface area contributed by atoms with Gasteiger partial charge in [0.15, 0.2) is 0 Å². The van der Waals surface area contributed by atoms with Gasteiger partial charge < -0.3 is 20.2 Å². The molecule has 1 amide bonds. The molecule has 5 atom stereocenters. The van der Waals surface area contributed by atoms with Gasteiger partial charge >= 0.3 is 0 Å². The molecule has 3 N–H and O–H groups in total. The van der Waals surface area contributed by atoms with Crippen LogP contribution >= 0.6 is 0 Å². The van der Waals surface area contributed by atoms with Crippen molar-refractivity contribution in [1.82, 2.24) is 4.90 Å². The summed E-state index contributed by atoms with van der Waals surface area (Å²) in [5.74, 6) is 0.0526. The van der Waals surface area contributed by atoms with Crippen molar-refractivity contribution in [3.63, 3.8) is 0 Å². The monoisotopic (exact) mass is 229 g/mol. The molecule has 0 saturated carbocycles.